The van der Waals surface area contributed by atoms with Crippen molar-refractivity contribution in [1.82, 2.24) is 9.78 Å². The molecule has 1 aromatic heterocycles. The Bertz CT molecular complexity index is 1050. The van der Waals surface area contributed by atoms with Gasteiger partial charge in [-0.15, -0.1) is 0 Å². The number of amides is 2. The number of hydrogen-bond donors (Lipinski definition) is 3. The highest BCUT2D eigenvalue weighted by atomic mass is 19.4. The molecule has 0 spiro atoms. The second-order valence-electron chi connectivity index (χ2n) is 7.77. The molecule has 0 unspecified atom stereocenters. The quantitative estimate of drug-likeness (QED) is 0.522. The summed E-state index contributed by atoms with van der Waals surface area (Å²) in [6.07, 6.45) is -4.48. The van der Waals surface area contributed by atoms with E-state index in [1.165, 1.54) is 12.1 Å². The van der Waals surface area contributed by atoms with Crippen LogP contribution in [0.4, 0.5) is 35.2 Å². The number of halogens is 3. The van der Waals surface area contributed by atoms with Crippen molar-refractivity contribution in [2.75, 3.05) is 16.4 Å². The second-order valence-corrected chi connectivity index (χ2v) is 7.77. The summed E-state index contributed by atoms with van der Waals surface area (Å²) in [5, 5.41) is 9.51. The highest BCUT2D eigenvalue weighted by molar-refractivity contribution is 5.99. The van der Waals surface area contributed by atoms with E-state index in [2.05, 4.69) is 15.7 Å². The molecule has 6 nitrogen and oxygen atoms in total. The minimum Gasteiger partial charge on any atom is -0.384 e. The molecule has 0 saturated carbocycles. The molecule has 4 N–H and O–H groups in total. The van der Waals surface area contributed by atoms with Crippen molar-refractivity contribution in [3.05, 3.63) is 60.2 Å². The van der Waals surface area contributed by atoms with Crippen LogP contribution in [0.1, 0.15) is 26.3 Å². The number of carbonyl (C=O) groups excluding carboxylic acids is 1. The van der Waals surface area contributed by atoms with Crippen LogP contribution in [0, 0.1) is 0 Å². The molecule has 0 bridgehead atoms. The van der Waals surface area contributed by atoms with Crippen LogP contribution in [-0.2, 0) is 11.7 Å². The van der Waals surface area contributed by atoms with Gasteiger partial charge >= 0.3 is 12.2 Å². The molecule has 158 valence electrons. The largest absolute Gasteiger partial charge is 0.416 e. The lowest BCUT2D eigenvalue weighted by Crippen LogP contribution is -2.24. The lowest BCUT2D eigenvalue weighted by Gasteiger charge is -2.20. The highest BCUT2D eigenvalue weighted by Gasteiger charge is 2.30. The van der Waals surface area contributed by atoms with E-state index >= 15 is 0 Å². The molecule has 0 saturated heterocycles. The van der Waals surface area contributed by atoms with Crippen molar-refractivity contribution < 1.29 is 18.0 Å². The Morgan fingerprint density at radius 1 is 0.967 bits per heavy atom. The molecule has 2 aromatic carbocycles. The number of hydrogen-bond acceptors (Lipinski definition) is 3. The maximum atomic E-state index is 12.8. The van der Waals surface area contributed by atoms with Crippen LogP contribution in [0.5, 0.6) is 0 Å². The first-order valence-electron chi connectivity index (χ1n) is 9.15. The zero-order valence-corrected chi connectivity index (χ0v) is 16.7. The molecular weight excluding hydrogens is 395 g/mol. The third-order valence-corrected chi connectivity index (χ3v) is 4.26. The van der Waals surface area contributed by atoms with Crippen LogP contribution in [0.25, 0.3) is 11.3 Å². The van der Waals surface area contributed by atoms with Crippen molar-refractivity contribution >= 4 is 23.2 Å². The third-order valence-electron chi connectivity index (χ3n) is 4.26. The van der Waals surface area contributed by atoms with E-state index in [1.807, 2.05) is 20.8 Å². The Balaban J connectivity index is 1.68. The molecule has 30 heavy (non-hydrogen) atoms. The van der Waals surface area contributed by atoms with Gasteiger partial charge in [-0.2, -0.15) is 18.3 Å². The lowest BCUT2D eigenvalue weighted by molar-refractivity contribution is -0.137. The summed E-state index contributed by atoms with van der Waals surface area (Å²) in [4.78, 5) is 12.1. The summed E-state index contributed by atoms with van der Waals surface area (Å²) >= 11 is 0. The van der Waals surface area contributed by atoms with E-state index in [0.29, 0.717) is 17.2 Å². The molecule has 2 amide bonds. The Hall–Kier alpha value is -3.49. The maximum Gasteiger partial charge on any atom is 0.416 e. The van der Waals surface area contributed by atoms with E-state index in [-0.39, 0.29) is 11.2 Å². The topological polar surface area (TPSA) is 85.0 Å². The number of anilines is 3. The molecule has 0 aliphatic carbocycles. The van der Waals surface area contributed by atoms with E-state index in [9.17, 15) is 18.0 Å². The molecule has 0 aliphatic heterocycles. The molecule has 0 atom stereocenters. The fourth-order valence-electron chi connectivity index (χ4n) is 2.86. The van der Waals surface area contributed by atoms with E-state index in [4.69, 9.17) is 5.73 Å². The summed E-state index contributed by atoms with van der Waals surface area (Å²) in [6, 6.07) is 12.4. The number of nitrogens with one attached hydrogen (secondary N) is 2. The van der Waals surface area contributed by atoms with E-state index in [1.54, 1.807) is 35.0 Å². The number of nitrogen functional groups attached to an aromatic ring is 1. The first-order chi connectivity index (χ1) is 13.9. The summed E-state index contributed by atoms with van der Waals surface area (Å²) in [6.45, 7) is 5.99. The zero-order valence-electron chi connectivity index (χ0n) is 16.7. The van der Waals surface area contributed by atoms with Gasteiger partial charge in [-0.3, -0.25) is 0 Å². The van der Waals surface area contributed by atoms with Crippen LogP contribution >= 0.6 is 0 Å². The van der Waals surface area contributed by atoms with Gasteiger partial charge in [0, 0.05) is 23.0 Å². The van der Waals surface area contributed by atoms with Crippen LogP contribution < -0.4 is 16.4 Å². The monoisotopic (exact) mass is 417 g/mol. The average molecular weight is 417 g/mol. The van der Waals surface area contributed by atoms with E-state index < -0.39 is 17.8 Å². The standard InChI is InChI=1S/C21H22F3N5O/c1-20(2,3)29-18(25)12-17(28-29)13-7-9-15(10-8-13)26-19(30)27-16-6-4-5-14(11-16)21(22,23)24/h4-12H,25H2,1-3H3,(H2,26,27,30). The summed E-state index contributed by atoms with van der Waals surface area (Å²) in [5.41, 5.74) is 6.97. The van der Waals surface area contributed by atoms with Gasteiger partial charge in [-0.25, -0.2) is 9.48 Å². The number of nitrogens with zero attached hydrogens (tertiary/aromatic N) is 2. The Kier molecular flexibility index (Phi) is 5.47. The number of carbonyl (C=O) groups is 1. The number of rotatable bonds is 3. The lowest BCUT2D eigenvalue weighted by atomic mass is 10.1. The number of urea groups is 1. The normalized spacial score (nSPS) is 11.9. The zero-order chi connectivity index (χ0) is 22.1. The first-order valence-corrected chi connectivity index (χ1v) is 9.15. The Morgan fingerprint density at radius 3 is 2.17 bits per heavy atom. The number of aromatic nitrogens is 2. The fraction of sp³-hybridized carbons (Fsp3) is 0.238. The van der Waals surface area contributed by atoms with Gasteiger partial charge in [-0.1, -0.05) is 18.2 Å². The minimum atomic E-state index is -4.48. The third kappa shape index (κ3) is 4.91. The minimum absolute atomic E-state index is 0.0436. The number of benzene rings is 2. The van der Waals surface area contributed by atoms with Gasteiger partial charge < -0.3 is 16.4 Å². The summed E-state index contributed by atoms with van der Waals surface area (Å²) < 4.78 is 40.1. The van der Waals surface area contributed by atoms with Gasteiger partial charge in [0.2, 0.25) is 0 Å². The van der Waals surface area contributed by atoms with Gasteiger partial charge in [0.1, 0.15) is 5.82 Å². The van der Waals surface area contributed by atoms with Crippen molar-refractivity contribution in [1.29, 1.82) is 0 Å². The van der Waals surface area contributed by atoms with Gasteiger partial charge in [0.05, 0.1) is 16.8 Å². The van der Waals surface area contributed by atoms with Crippen LogP contribution in [0.3, 0.4) is 0 Å². The SMILES string of the molecule is CC(C)(C)n1nc(-c2ccc(NC(=O)Nc3cccc(C(F)(F)F)c3)cc2)cc1N. The second kappa shape index (κ2) is 7.74. The molecule has 3 rings (SSSR count). The number of alkyl halides is 3. The van der Waals surface area contributed by atoms with Gasteiger partial charge in [-0.05, 0) is 51.1 Å². The van der Waals surface area contributed by atoms with Crippen molar-refractivity contribution in [3.63, 3.8) is 0 Å². The van der Waals surface area contributed by atoms with E-state index in [0.717, 1.165) is 17.7 Å². The summed E-state index contributed by atoms with van der Waals surface area (Å²) in [5.74, 6) is 0.542. The van der Waals surface area contributed by atoms with Gasteiger partial charge in [0.25, 0.3) is 0 Å². The highest BCUT2D eigenvalue weighted by Crippen LogP contribution is 2.31. The van der Waals surface area contributed by atoms with Crippen LogP contribution in [0.2, 0.25) is 0 Å². The average Bonchev–Trinajstić information content (AvgIpc) is 3.04. The van der Waals surface area contributed by atoms with Crippen molar-refractivity contribution in [3.8, 4) is 11.3 Å². The molecular formula is C21H22F3N5O. The van der Waals surface area contributed by atoms with Crippen molar-refractivity contribution in [2.24, 2.45) is 0 Å². The smallest absolute Gasteiger partial charge is 0.384 e. The predicted octanol–water partition coefficient (Wildman–Crippen LogP) is 5.55. The fourth-order valence-corrected chi connectivity index (χ4v) is 2.86. The Morgan fingerprint density at radius 2 is 1.60 bits per heavy atom. The summed E-state index contributed by atoms with van der Waals surface area (Å²) in [7, 11) is 0. The maximum absolute atomic E-state index is 12.8. The first kappa shape index (κ1) is 21.2. The Labute approximate surface area is 171 Å². The molecule has 0 aliphatic rings. The molecule has 9 heteroatoms. The van der Waals surface area contributed by atoms with Crippen LogP contribution in [-0.4, -0.2) is 15.8 Å². The van der Waals surface area contributed by atoms with Gasteiger partial charge in [0.15, 0.2) is 0 Å². The molecule has 0 fully saturated rings. The van der Waals surface area contributed by atoms with Crippen LogP contribution in [0.15, 0.2) is 54.6 Å². The number of nitrogens with two attached hydrogens (primary N) is 1. The van der Waals surface area contributed by atoms with Crippen molar-refractivity contribution in [2.45, 2.75) is 32.5 Å². The molecule has 3 aromatic rings. The molecule has 1 heterocycles. The predicted molar refractivity (Wildman–Crippen MR) is 111 cm³/mol. The molecule has 0 radical (unpaired) electrons.